The third-order valence-electron chi connectivity index (χ3n) is 4.90. The van der Waals surface area contributed by atoms with E-state index in [4.69, 9.17) is 14.2 Å². The summed E-state index contributed by atoms with van der Waals surface area (Å²) in [5, 5.41) is 0. The van der Waals surface area contributed by atoms with Crippen molar-refractivity contribution < 1.29 is 19.0 Å². The monoisotopic (exact) mass is 412 g/mol. The van der Waals surface area contributed by atoms with Gasteiger partial charge in [0.25, 0.3) is 0 Å². The van der Waals surface area contributed by atoms with Gasteiger partial charge in [-0.15, -0.1) is 0 Å². The second-order valence-corrected chi connectivity index (χ2v) is 8.62. The summed E-state index contributed by atoms with van der Waals surface area (Å²) in [7, 11) is 0. The Morgan fingerprint density at radius 2 is 2.10 bits per heavy atom. The molecule has 0 amide bonds. The number of hydrogen-bond donors (Lipinski definition) is 0. The van der Waals surface area contributed by atoms with Crippen LogP contribution in [0, 0.1) is 6.92 Å². The molecule has 1 aliphatic heterocycles. The van der Waals surface area contributed by atoms with Crippen molar-refractivity contribution in [2.75, 3.05) is 26.2 Å². The second-order valence-electron chi connectivity index (χ2n) is 8.62. The van der Waals surface area contributed by atoms with Crippen LogP contribution in [0.2, 0.25) is 0 Å². The summed E-state index contributed by atoms with van der Waals surface area (Å²) in [4.78, 5) is 18.6. The Morgan fingerprint density at radius 1 is 1.27 bits per heavy atom. The van der Waals surface area contributed by atoms with Crippen LogP contribution in [0.3, 0.4) is 0 Å². The number of carbonyl (C=O) groups excluding carboxylic acids is 1. The minimum atomic E-state index is -0.442. The number of morpholine rings is 1. The summed E-state index contributed by atoms with van der Waals surface area (Å²) in [6.45, 7) is 11.1. The molecule has 162 valence electrons. The number of carbonyl (C=O) groups is 1. The topological polar surface area (TPSA) is 60.9 Å². The minimum absolute atomic E-state index is 0.0118. The van der Waals surface area contributed by atoms with Gasteiger partial charge in [0, 0.05) is 25.8 Å². The zero-order chi connectivity index (χ0) is 21.6. The molecule has 0 aliphatic carbocycles. The van der Waals surface area contributed by atoms with Gasteiger partial charge in [-0.05, 0) is 63.1 Å². The Balaban J connectivity index is 1.54. The number of esters is 1. The van der Waals surface area contributed by atoms with E-state index in [1.165, 1.54) is 0 Å². The van der Waals surface area contributed by atoms with Gasteiger partial charge >= 0.3 is 5.97 Å². The Kier molecular flexibility index (Phi) is 7.45. The van der Waals surface area contributed by atoms with Crippen molar-refractivity contribution in [3.8, 4) is 5.75 Å². The first-order chi connectivity index (χ1) is 14.3. The molecule has 1 fully saturated rings. The molecule has 6 heteroatoms. The highest BCUT2D eigenvalue weighted by atomic mass is 16.6. The minimum Gasteiger partial charge on any atom is -0.487 e. The van der Waals surface area contributed by atoms with Crippen LogP contribution in [-0.2, 0) is 20.9 Å². The SMILES string of the molecule is Cc1cc(OCc2ccccn2)ccc1C1CN(CCC(=O)OC(C)(C)C)CCO1. The van der Waals surface area contributed by atoms with Crippen molar-refractivity contribution in [3.63, 3.8) is 0 Å². The van der Waals surface area contributed by atoms with Gasteiger partial charge in [0.2, 0.25) is 0 Å². The van der Waals surface area contributed by atoms with Crippen molar-refractivity contribution in [1.82, 2.24) is 9.88 Å². The van der Waals surface area contributed by atoms with Crippen molar-refractivity contribution in [2.24, 2.45) is 0 Å². The Hall–Kier alpha value is -2.44. The van der Waals surface area contributed by atoms with Gasteiger partial charge in [-0.25, -0.2) is 0 Å². The van der Waals surface area contributed by atoms with E-state index in [1.807, 2.05) is 51.1 Å². The van der Waals surface area contributed by atoms with Gasteiger partial charge in [0.1, 0.15) is 18.0 Å². The lowest BCUT2D eigenvalue weighted by atomic mass is 10.0. The van der Waals surface area contributed by atoms with E-state index in [1.54, 1.807) is 6.20 Å². The first-order valence-electron chi connectivity index (χ1n) is 10.5. The number of pyridine rings is 1. The zero-order valence-corrected chi connectivity index (χ0v) is 18.4. The molecule has 0 bridgehead atoms. The standard InChI is InChI=1S/C24H32N2O4/c1-18-15-20(29-17-19-7-5-6-11-25-19)8-9-21(18)22-16-26(13-14-28-22)12-10-23(27)30-24(2,3)4/h5-9,11,15,22H,10,12-14,16-17H2,1-4H3. The van der Waals surface area contributed by atoms with Crippen LogP contribution in [0.4, 0.5) is 0 Å². The normalized spacial score (nSPS) is 17.5. The maximum Gasteiger partial charge on any atom is 0.307 e. The molecule has 0 N–H and O–H groups in total. The predicted octanol–water partition coefficient (Wildman–Crippen LogP) is 4.07. The fourth-order valence-corrected chi connectivity index (χ4v) is 3.48. The molecule has 1 saturated heterocycles. The molecule has 2 aromatic rings. The molecule has 0 saturated carbocycles. The quantitative estimate of drug-likeness (QED) is 0.639. The number of benzene rings is 1. The predicted molar refractivity (Wildman–Crippen MR) is 115 cm³/mol. The van der Waals surface area contributed by atoms with Crippen LogP contribution in [0.1, 0.15) is 50.1 Å². The summed E-state index contributed by atoms with van der Waals surface area (Å²) < 4.78 is 17.3. The maximum absolute atomic E-state index is 12.0. The van der Waals surface area contributed by atoms with E-state index in [-0.39, 0.29) is 12.1 Å². The Labute approximate surface area is 179 Å². The van der Waals surface area contributed by atoms with Gasteiger partial charge in [-0.1, -0.05) is 12.1 Å². The average molecular weight is 413 g/mol. The zero-order valence-electron chi connectivity index (χ0n) is 18.4. The van der Waals surface area contributed by atoms with E-state index < -0.39 is 5.60 Å². The summed E-state index contributed by atoms with van der Waals surface area (Å²) in [5.41, 5.74) is 2.74. The molecule has 1 aliphatic rings. The number of aryl methyl sites for hydroxylation is 1. The number of rotatable bonds is 7. The van der Waals surface area contributed by atoms with Crippen molar-refractivity contribution >= 4 is 5.97 Å². The van der Waals surface area contributed by atoms with Crippen LogP contribution in [0.15, 0.2) is 42.6 Å². The number of hydrogen-bond acceptors (Lipinski definition) is 6. The Morgan fingerprint density at radius 3 is 2.80 bits per heavy atom. The number of aromatic nitrogens is 1. The van der Waals surface area contributed by atoms with E-state index >= 15 is 0 Å². The van der Waals surface area contributed by atoms with Crippen LogP contribution in [0.5, 0.6) is 5.75 Å². The van der Waals surface area contributed by atoms with Gasteiger partial charge in [-0.3, -0.25) is 14.7 Å². The third-order valence-corrected chi connectivity index (χ3v) is 4.90. The van der Waals surface area contributed by atoms with Crippen LogP contribution < -0.4 is 4.74 Å². The van der Waals surface area contributed by atoms with E-state index in [0.717, 1.165) is 35.7 Å². The van der Waals surface area contributed by atoms with Gasteiger partial charge in [-0.2, -0.15) is 0 Å². The number of nitrogens with zero attached hydrogens (tertiary/aromatic N) is 2. The van der Waals surface area contributed by atoms with Crippen molar-refractivity contribution in [1.29, 1.82) is 0 Å². The fourth-order valence-electron chi connectivity index (χ4n) is 3.48. The molecule has 3 rings (SSSR count). The molecule has 30 heavy (non-hydrogen) atoms. The fraction of sp³-hybridized carbons (Fsp3) is 0.500. The lowest BCUT2D eigenvalue weighted by Crippen LogP contribution is -2.40. The molecule has 0 spiro atoms. The van der Waals surface area contributed by atoms with E-state index in [9.17, 15) is 4.79 Å². The van der Waals surface area contributed by atoms with Crippen molar-refractivity contribution in [3.05, 3.63) is 59.4 Å². The summed E-state index contributed by atoms with van der Waals surface area (Å²) in [6.07, 6.45) is 2.15. The molecule has 1 atom stereocenters. The molecule has 0 radical (unpaired) electrons. The van der Waals surface area contributed by atoms with Crippen molar-refractivity contribution in [2.45, 2.75) is 52.4 Å². The lowest BCUT2D eigenvalue weighted by molar-refractivity contribution is -0.155. The Bertz CT molecular complexity index is 833. The molecule has 1 aromatic heterocycles. The summed E-state index contributed by atoms with van der Waals surface area (Å²) >= 11 is 0. The van der Waals surface area contributed by atoms with Gasteiger partial charge in [0.05, 0.1) is 24.8 Å². The average Bonchev–Trinajstić information content (AvgIpc) is 2.70. The van der Waals surface area contributed by atoms with Crippen LogP contribution >= 0.6 is 0 Å². The highest BCUT2D eigenvalue weighted by Gasteiger charge is 2.24. The lowest BCUT2D eigenvalue weighted by Gasteiger charge is -2.33. The molecular weight excluding hydrogens is 380 g/mol. The molecule has 6 nitrogen and oxygen atoms in total. The molecule has 2 heterocycles. The van der Waals surface area contributed by atoms with Crippen LogP contribution in [-0.4, -0.2) is 47.7 Å². The first-order valence-corrected chi connectivity index (χ1v) is 10.5. The van der Waals surface area contributed by atoms with Gasteiger partial charge in [0.15, 0.2) is 0 Å². The van der Waals surface area contributed by atoms with E-state index in [0.29, 0.717) is 26.2 Å². The maximum atomic E-state index is 12.0. The molecule has 1 aromatic carbocycles. The van der Waals surface area contributed by atoms with Crippen LogP contribution in [0.25, 0.3) is 0 Å². The third kappa shape index (κ3) is 6.82. The summed E-state index contributed by atoms with van der Waals surface area (Å²) in [6, 6.07) is 11.9. The molecular formula is C24H32N2O4. The smallest absolute Gasteiger partial charge is 0.307 e. The first kappa shape index (κ1) is 22.2. The molecule has 1 unspecified atom stereocenters. The largest absolute Gasteiger partial charge is 0.487 e. The van der Waals surface area contributed by atoms with E-state index in [2.05, 4.69) is 22.9 Å². The number of ether oxygens (including phenoxy) is 3. The van der Waals surface area contributed by atoms with Gasteiger partial charge < -0.3 is 14.2 Å². The highest BCUT2D eigenvalue weighted by molar-refractivity contribution is 5.70. The highest BCUT2D eigenvalue weighted by Crippen LogP contribution is 2.28. The second kappa shape index (κ2) is 10.0. The summed E-state index contributed by atoms with van der Waals surface area (Å²) in [5.74, 6) is 0.663.